The maximum absolute atomic E-state index is 11.7. The first-order chi connectivity index (χ1) is 11.4. The normalized spacial score (nSPS) is 17.3. The average molecular weight is 346 g/mol. The van der Waals surface area contributed by atoms with Crippen LogP contribution in [0.3, 0.4) is 0 Å². The van der Waals surface area contributed by atoms with E-state index < -0.39 is 9.84 Å². The molecule has 0 amide bonds. The fourth-order valence-electron chi connectivity index (χ4n) is 3.70. The van der Waals surface area contributed by atoms with Crippen LogP contribution in [0.2, 0.25) is 0 Å². The zero-order valence-corrected chi connectivity index (χ0v) is 15.5. The minimum atomic E-state index is -2.90. The zero-order chi connectivity index (χ0) is 17.3. The molecule has 1 aliphatic rings. The Hall–Kier alpha value is -1.59. The van der Waals surface area contributed by atoms with E-state index in [9.17, 15) is 8.42 Å². The number of likely N-dealkylation sites (tertiary alicyclic amines) is 1. The van der Waals surface area contributed by atoms with E-state index in [0.29, 0.717) is 0 Å². The van der Waals surface area contributed by atoms with Gasteiger partial charge in [-0.1, -0.05) is 18.2 Å². The van der Waals surface area contributed by atoms with Crippen LogP contribution >= 0.6 is 0 Å². The molecule has 0 atom stereocenters. The lowest BCUT2D eigenvalue weighted by molar-refractivity contribution is 0.222. The van der Waals surface area contributed by atoms with Crippen LogP contribution in [0.25, 0.3) is 5.69 Å². The molecule has 1 saturated heterocycles. The summed E-state index contributed by atoms with van der Waals surface area (Å²) in [6.07, 6.45) is 2.85. The van der Waals surface area contributed by atoms with Crippen LogP contribution in [0, 0.1) is 13.8 Å². The van der Waals surface area contributed by atoms with Crippen molar-refractivity contribution in [2.45, 2.75) is 38.5 Å². The van der Waals surface area contributed by atoms with Crippen molar-refractivity contribution < 1.29 is 8.42 Å². The van der Waals surface area contributed by atoms with E-state index in [0.717, 1.165) is 32.5 Å². The second-order valence-corrected chi connectivity index (χ2v) is 9.20. The lowest BCUT2D eigenvalue weighted by atomic mass is 10.1. The Kier molecular flexibility index (Phi) is 4.83. The molecule has 3 rings (SSSR count). The minimum absolute atomic E-state index is 0.162. The fraction of sp³-hybridized carbons (Fsp3) is 0.474. The van der Waals surface area contributed by atoms with Crippen molar-refractivity contribution >= 4 is 9.84 Å². The molecule has 2 heterocycles. The smallest absolute Gasteiger partial charge is 0.150 e. The van der Waals surface area contributed by atoms with E-state index in [4.69, 9.17) is 0 Å². The highest BCUT2D eigenvalue weighted by Crippen LogP contribution is 2.24. The van der Waals surface area contributed by atoms with Crippen LogP contribution in [0.15, 0.2) is 36.4 Å². The Bertz CT molecular complexity index is 801. The largest absolute Gasteiger partial charge is 0.318 e. The molecule has 0 saturated carbocycles. The van der Waals surface area contributed by atoms with Gasteiger partial charge in [0.1, 0.15) is 9.84 Å². The van der Waals surface area contributed by atoms with Gasteiger partial charge in [0.25, 0.3) is 0 Å². The summed E-state index contributed by atoms with van der Waals surface area (Å²) in [5.41, 5.74) is 5.02. The molecule has 0 spiro atoms. The second kappa shape index (κ2) is 6.73. The third-order valence-electron chi connectivity index (χ3n) is 5.08. The summed E-state index contributed by atoms with van der Waals surface area (Å²) < 4.78 is 25.7. The summed E-state index contributed by atoms with van der Waals surface area (Å²) in [5, 5.41) is -0.162. The second-order valence-electron chi connectivity index (χ2n) is 6.87. The molecule has 0 bridgehead atoms. The highest BCUT2D eigenvalue weighted by atomic mass is 32.2. The van der Waals surface area contributed by atoms with Crippen molar-refractivity contribution in [2.24, 2.45) is 0 Å². The topological polar surface area (TPSA) is 42.3 Å². The van der Waals surface area contributed by atoms with Crippen LogP contribution in [-0.4, -0.2) is 42.5 Å². The van der Waals surface area contributed by atoms with Crippen LogP contribution in [0.4, 0.5) is 0 Å². The first kappa shape index (κ1) is 17.2. The summed E-state index contributed by atoms with van der Waals surface area (Å²) in [4.78, 5) is 2.37. The maximum Gasteiger partial charge on any atom is 0.150 e. The summed E-state index contributed by atoms with van der Waals surface area (Å²) >= 11 is 0. The van der Waals surface area contributed by atoms with Gasteiger partial charge in [0, 0.05) is 29.9 Å². The van der Waals surface area contributed by atoms with Crippen molar-refractivity contribution in [1.82, 2.24) is 9.47 Å². The molecule has 130 valence electrons. The Morgan fingerprint density at radius 3 is 2.29 bits per heavy atom. The number of aryl methyl sites for hydroxylation is 1. The van der Waals surface area contributed by atoms with Crippen molar-refractivity contribution in [3.63, 3.8) is 0 Å². The molecule has 1 aromatic carbocycles. The fourth-order valence-corrected chi connectivity index (χ4v) is 4.77. The highest BCUT2D eigenvalue weighted by Gasteiger charge is 2.27. The number of hydrogen-bond acceptors (Lipinski definition) is 3. The van der Waals surface area contributed by atoms with Gasteiger partial charge in [0.2, 0.25) is 0 Å². The van der Waals surface area contributed by atoms with Gasteiger partial charge in [-0.3, -0.25) is 4.90 Å². The van der Waals surface area contributed by atoms with E-state index in [1.165, 1.54) is 28.9 Å². The number of benzene rings is 1. The number of para-hydroxylation sites is 1. The standard InChI is InChI=1S/C19H26N2O2S/c1-15-13-17(16(2)21(15)18-7-5-4-6-8-18)14-20-11-9-19(10-12-20)24(3,22)23/h4-8,13,19H,9-12,14H2,1-3H3. The highest BCUT2D eigenvalue weighted by molar-refractivity contribution is 7.91. The number of sulfone groups is 1. The van der Waals surface area contributed by atoms with Gasteiger partial charge in [-0.25, -0.2) is 8.42 Å². The Morgan fingerprint density at radius 2 is 1.71 bits per heavy atom. The predicted octanol–water partition coefficient (Wildman–Crippen LogP) is 3.10. The van der Waals surface area contributed by atoms with Gasteiger partial charge in [-0.15, -0.1) is 0 Å². The third kappa shape index (κ3) is 3.57. The quantitative estimate of drug-likeness (QED) is 0.854. The van der Waals surface area contributed by atoms with Gasteiger partial charge < -0.3 is 4.57 Å². The number of piperidine rings is 1. The molecule has 5 heteroatoms. The van der Waals surface area contributed by atoms with Crippen LogP contribution in [-0.2, 0) is 16.4 Å². The first-order valence-electron chi connectivity index (χ1n) is 8.50. The molecular formula is C19H26N2O2S. The van der Waals surface area contributed by atoms with E-state index in [1.807, 2.05) is 6.07 Å². The Balaban J connectivity index is 1.74. The number of hydrogen-bond donors (Lipinski definition) is 0. The van der Waals surface area contributed by atoms with Crippen molar-refractivity contribution in [2.75, 3.05) is 19.3 Å². The maximum atomic E-state index is 11.7. The summed E-state index contributed by atoms with van der Waals surface area (Å²) in [7, 11) is -2.90. The SMILES string of the molecule is Cc1cc(CN2CCC(S(C)(=O)=O)CC2)c(C)n1-c1ccccc1. The summed E-state index contributed by atoms with van der Waals surface area (Å²) in [6, 6.07) is 12.7. The molecule has 1 fully saturated rings. The number of nitrogens with zero attached hydrogens (tertiary/aromatic N) is 2. The lowest BCUT2D eigenvalue weighted by Gasteiger charge is -2.31. The van der Waals surface area contributed by atoms with Gasteiger partial charge in [-0.05, 0) is 63.5 Å². The number of aromatic nitrogens is 1. The van der Waals surface area contributed by atoms with Crippen molar-refractivity contribution in [3.05, 3.63) is 53.3 Å². The van der Waals surface area contributed by atoms with Crippen LogP contribution in [0.1, 0.15) is 29.8 Å². The molecular weight excluding hydrogens is 320 g/mol. The predicted molar refractivity (Wildman–Crippen MR) is 98.4 cm³/mol. The Morgan fingerprint density at radius 1 is 1.08 bits per heavy atom. The van der Waals surface area contributed by atoms with Crippen LogP contribution < -0.4 is 0 Å². The zero-order valence-electron chi connectivity index (χ0n) is 14.7. The van der Waals surface area contributed by atoms with Gasteiger partial charge >= 0.3 is 0 Å². The van der Waals surface area contributed by atoms with E-state index >= 15 is 0 Å². The molecule has 4 nitrogen and oxygen atoms in total. The monoisotopic (exact) mass is 346 g/mol. The average Bonchev–Trinajstić information content (AvgIpc) is 2.82. The molecule has 1 aromatic heterocycles. The number of rotatable bonds is 4. The lowest BCUT2D eigenvalue weighted by Crippen LogP contribution is -2.38. The van der Waals surface area contributed by atoms with Gasteiger partial charge in [-0.2, -0.15) is 0 Å². The molecule has 0 aliphatic carbocycles. The molecule has 24 heavy (non-hydrogen) atoms. The first-order valence-corrected chi connectivity index (χ1v) is 10.5. The summed E-state index contributed by atoms with van der Waals surface area (Å²) in [6.45, 7) is 6.90. The van der Waals surface area contributed by atoms with Crippen molar-refractivity contribution in [3.8, 4) is 5.69 Å². The van der Waals surface area contributed by atoms with E-state index in [1.54, 1.807) is 0 Å². The molecule has 2 aromatic rings. The van der Waals surface area contributed by atoms with E-state index in [2.05, 4.69) is 53.6 Å². The van der Waals surface area contributed by atoms with Crippen molar-refractivity contribution in [1.29, 1.82) is 0 Å². The van der Waals surface area contributed by atoms with E-state index in [-0.39, 0.29) is 5.25 Å². The summed E-state index contributed by atoms with van der Waals surface area (Å²) in [5.74, 6) is 0. The molecule has 0 N–H and O–H groups in total. The Labute approximate surface area is 145 Å². The molecule has 0 radical (unpaired) electrons. The van der Waals surface area contributed by atoms with Gasteiger partial charge in [0.15, 0.2) is 0 Å². The minimum Gasteiger partial charge on any atom is -0.318 e. The third-order valence-corrected chi connectivity index (χ3v) is 6.77. The van der Waals surface area contributed by atoms with Gasteiger partial charge in [0.05, 0.1) is 5.25 Å². The van der Waals surface area contributed by atoms with Crippen LogP contribution in [0.5, 0.6) is 0 Å². The molecule has 0 unspecified atom stereocenters. The molecule has 1 aliphatic heterocycles.